The topological polar surface area (TPSA) is 54.0 Å². The number of benzene rings is 1. The first-order valence-corrected chi connectivity index (χ1v) is 5.40. The van der Waals surface area contributed by atoms with Gasteiger partial charge in [0.2, 0.25) is 0 Å². The fourth-order valence-electron chi connectivity index (χ4n) is 1.40. The molecule has 0 saturated carbocycles. The summed E-state index contributed by atoms with van der Waals surface area (Å²) in [6, 6.07) is 8.93. The molecular formula is C13H12FN3O. The second-order valence-corrected chi connectivity index (χ2v) is 3.64. The summed E-state index contributed by atoms with van der Waals surface area (Å²) in [4.78, 5) is 15.8. The number of carbonyl (C=O) groups excluding carboxylic acids is 1. The highest BCUT2D eigenvalue weighted by molar-refractivity contribution is 6.02. The van der Waals surface area contributed by atoms with E-state index in [1.807, 2.05) is 0 Å². The summed E-state index contributed by atoms with van der Waals surface area (Å²) in [6.45, 7) is 0. The van der Waals surface area contributed by atoms with Crippen LogP contribution in [0.1, 0.15) is 10.5 Å². The van der Waals surface area contributed by atoms with E-state index in [-0.39, 0.29) is 11.7 Å². The minimum atomic E-state index is -0.343. The molecule has 18 heavy (non-hydrogen) atoms. The standard InChI is InChI=1S/C13H12FN3O/c1-15-11-6-7-12(16-8-11)13(18)17-10-4-2-9(14)3-5-10/h2-8,15H,1H3,(H,17,18). The van der Waals surface area contributed by atoms with Crippen molar-refractivity contribution in [2.75, 3.05) is 17.7 Å². The summed E-state index contributed by atoms with van der Waals surface area (Å²) in [7, 11) is 1.77. The number of amides is 1. The highest BCUT2D eigenvalue weighted by Gasteiger charge is 2.07. The predicted molar refractivity (Wildman–Crippen MR) is 68.1 cm³/mol. The van der Waals surface area contributed by atoms with Gasteiger partial charge in [0.15, 0.2) is 0 Å². The number of anilines is 2. The first-order valence-electron chi connectivity index (χ1n) is 5.40. The van der Waals surface area contributed by atoms with Gasteiger partial charge in [0.05, 0.1) is 11.9 Å². The molecule has 1 amide bonds. The van der Waals surface area contributed by atoms with Gasteiger partial charge in [-0.15, -0.1) is 0 Å². The molecule has 5 heteroatoms. The van der Waals surface area contributed by atoms with Gasteiger partial charge in [-0.25, -0.2) is 9.37 Å². The summed E-state index contributed by atoms with van der Waals surface area (Å²) < 4.78 is 12.7. The Kier molecular flexibility index (Phi) is 3.52. The Hall–Kier alpha value is -2.43. The zero-order valence-corrected chi connectivity index (χ0v) is 9.77. The van der Waals surface area contributed by atoms with Gasteiger partial charge in [0.25, 0.3) is 5.91 Å². The third-order valence-corrected chi connectivity index (χ3v) is 2.39. The van der Waals surface area contributed by atoms with Crippen molar-refractivity contribution in [2.45, 2.75) is 0 Å². The summed E-state index contributed by atoms with van der Waals surface area (Å²) in [5.74, 6) is -0.672. The second kappa shape index (κ2) is 5.27. The molecule has 1 aromatic carbocycles. The lowest BCUT2D eigenvalue weighted by Crippen LogP contribution is -2.13. The van der Waals surface area contributed by atoms with E-state index in [0.29, 0.717) is 11.4 Å². The first kappa shape index (κ1) is 12.0. The number of nitrogens with zero attached hydrogens (tertiary/aromatic N) is 1. The van der Waals surface area contributed by atoms with Crippen molar-refractivity contribution in [1.29, 1.82) is 0 Å². The number of halogens is 1. The lowest BCUT2D eigenvalue weighted by atomic mass is 10.3. The number of pyridine rings is 1. The molecule has 0 unspecified atom stereocenters. The van der Waals surface area contributed by atoms with E-state index in [1.54, 1.807) is 25.4 Å². The Labute approximate surface area is 104 Å². The van der Waals surface area contributed by atoms with Crippen molar-refractivity contribution in [2.24, 2.45) is 0 Å². The lowest BCUT2D eigenvalue weighted by Gasteiger charge is -2.05. The molecule has 0 aliphatic rings. The average Bonchev–Trinajstić information content (AvgIpc) is 2.41. The fraction of sp³-hybridized carbons (Fsp3) is 0.0769. The third kappa shape index (κ3) is 2.82. The van der Waals surface area contributed by atoms with Crippen LogP contribution in [0.2, 0.25) is 0 Å². The van der Waals surface area contributed by atoms with E-state index in [9.17, 15) is 9.18 Å². The molecule has 1 heterocycles. The Bertz CT molecular complexity index is 537. The zero-order chi connectivity index (χ0) is 13.0. The fourth-order valence-corrected chi connectivity index (χ4v) is 1.40. The van der Waals surface area contributed by atoms with Crippen LogP contribution in [0.3, 0.4) is 0 Å². The minimum absolute atomic E-state index is 0.304. The van der Waals surface area contributed by atoms with Crippen LogP contribution in [0.15, 0.2) is 42.6 Å². The number of rotatable bonds is 3. The highest BCUT2D eigenvalue weighted by atomic mass is 19.1. The SMILES string of the molecule is CNc1ccc(C(=O)Nc2ccc(F)cc2)nc1. The number of hydrogen-bond acceptors (Lipinski definition) is 3. The Morgan fingerprint density at radius 1 is 1.11 bits per heavy atom. The van der Waals surface area contributed by atoms with Crippen LogP contribution in [0.5, 0.6) is 0 Å². The van der Waals surface area contributed by atoms with Gasteiger partial charge in [0.1, 0.15) is 11.5 Å². The lowest BCUT2D eigenvalue weighted by molar-refractivity contribution is 0.102. The average molecular weight is 245 g/mol. The van der Waals surface area contributed by atoms with Gasteiger partial charge in [-0.1, -0.05) is 0 Å². The number of aromatic nitrogens is 1. The molecule has 0 saturated heterocycles. The van der Waals surface area contributed by atoms with Gasteiger partial charge >= 0.3 is 0 Å². The molecule has 2 rings (SSSR count). The summed E-state index contributed by atoms with van der Waals surface area (Å²) in [5.41, 5.74) is 1.66. The molecule has 2 N–H and O–H groups in total. The second-order valence-electron chi connectivity index (χ2n) is 3.64. The molecule has 0 aliphatic heterocycles. The summed E-state index contributed by atoms with van der Waals surface area (Å²) in [6.07, 6.45) is 1.57. The van der Waals surface area contributed by atoms with Gasteiger partial charge in [-0.05, 0) is 36.4 Å². The zero-order valence-electron chi connectivity index (χ0n) is 9.77. The van der Waals surface area contributed by atoms with Crippen molar-refractivity contribution in [3.63, 3.8) is 0 Å². The molecule has 2 aromatic rings. The van der Waals surface area contributed by atoms with Crippen LogP contribution in [0.25, 0.3) is 0 Å². The number of carbonyl (C=O) groups is 1. The molecule has 0 spiro atoms. The quantitative estimate of drug-likeness (QED) is 0.873. The van der Waals surface area contributed by atoms with Crippen molar-refractivity contribution in [3.8, 4) is 0 Å². The molecule has 0 bridgehead atoms. The van der Waals surface area contributed by atoms with Crippen molar-refractivity contribution >= 4 is 17.3 Å². The Balaban J connectivity index is 2.09. The number of hydrogen-bond donors (Lipinski definition) is 2. The van der Waals surface area contributed by atoms with Crippen molar-refractivity contribution in [1.82, 2.24) is 4.98 Å². The van der Waals surface area contributed by atoms with E-state index in [2.05, 4.69) is 15.6 Å². The van der Waals surface area contributed by atoms with Gasteiger partial charge in [-0.3, -0.25) is 4.79 Å². The van der Waals surface area contributed by atoms with E-state index in [1.165, 1.54) is 24.3 Å². The molecule has 1 aromatic heterocycles. The van der Waals surface area contributed by atoms with E-state index >= 15 is 0 Å². The van der Waals surface area contributed by atoms with Gasteiger partial charge in [0, 0.05) is 12.7 Å². The van der Waals surface area contributed by atoms with E-state index in [0.717, 1.165) is 5.69 Å². The Morgan fingerprint density at radius 3 is 2.33 bits per heavy atom. The largest absolute Gasteiger partial charge is 0.387 e. The Morgan fingerprint density at radius 2 is 1.78 bits per heavy atom. The smallest absolute Gasteiger partial charge is 0.274 e. The highest BCUT2D eigenvalue weighted by Crippen LogP contribution is 2.11. The van der Waals surface area contributed by atoms with Crippen LogP contribution >= 0.6 is 0 Å². The monoisotopic (exact) mass is 245 g/mol. The molecule has 0 atom stereocenters. The van der Waals surface area contributed by atoms with Crippen LogP contribution in [0.4, 0.5) is 15.8 Å². The summed E-state index contributed by atoms with van der Waals surface area (Å²) in [5, 5.41) is 5.55. The minimum Gasteiger partial charge on any atom is -0.387 e. The van der Waals surface area contributed by atoms with Crippen LogP contribution < -0.4 is 10.6 Å². The molecular weight excluding hydrogens is 233 g/mol. The van der Waals surface area contributed by atoms with Crippen LogP contribution in [-0.4, -0.2) is 17.9 Å². The van der Waals surface area contributed by atoms with E-state index in [4.69, 9.17) is 0 Å². The first-order chi connectivity index (χ1) is 8.69. The maximum Gasteiger partial charge on any atom is 0.274 e. The molecule has 0 aliphatic carbocycles. The van der Waals surface area contributed by atoms with Crippen molar-refractivity contribution in [3.05, 3.63) is 54.1 Å². The van der Waals surface area contributed by atoms with Crippen molar-refractivity contribution < 1.29 is 9.18 Å². The van der Waals surface area contributed by atoms with Crippen LogP contribution in [0, 0.1) is 5.82 Å². The van der Waals surface area contributed by atoms with E-state index < -0.39 is 0 Å². The third-order valence-electron chi connectivity index (χ3n) is 2.39. The normalized spacial score (nSPS) is 9.89. The maximum atomic E-state index is 12.7. The maximum absolute atomic E-state index is 12.7. The molecule has 0 radical (unpaired) electrons. The molecule has 0 fully saturated rings. The molecule has 92 valence electrons. The predicted octanol–water partition coefficient (Wildman–Crippen LogP) is 2.51. The number of nitrogens with one attached hydrogen (secondary N) is 2. The summed E-state index contributed by atoms with van der Waals surface area (Å²) >= 11 is 0. The molecule has 4 nitrogen and oxygen atoms in total. The van der Waals surface area contributed by atoms with Gasteiger partial charge < -0.3 is 10.6 Å². The van der Waals surface area contributed by atoms with Crippen LogP contribution in [-0.2, 0) is 0 Å². The van der Waals surface area contributed by atoms with Gasteiger partial charge in [-0.2, -0.15) is 0 Å².